The summed E-state index contributed by atoms with van der Waals surface area (Å²) in [6.45, 7) is 3.69. The van der Waals surface area contributed by atoms with Crippen LogP contribution in [0.2, 0.25) is 0 Å². The van der Waals surface area contributed by atoms with E-state index in [0.29, 0.717) is 24.1 Å². The van der Waals surface area contributed by atoms with Crippen molar-refractivity contribution in [2.24, 2.45) is 11.0 Å². The highest BCUT2D eigenvalue weighted by Crippen LogP contribution is 2.39. The minimum absolute atomic E-state index is 0.0287. The van der Waals surface area contributed by atoms with Gasteiger partial charge in [0.25, 0.3) is 0 Å². The molecule has 1 heterocycles. The Labute approximate surface area is 201 Å². The quantitative estimate of drug-likeness (QED) is 0.500. The van der Waals surface area contributed by atoms with Crippen LogP contribution in [-0.2, 0) is 16.1 Å². The maximum atomic E-state index is 15.3. The third-order valence-electron chi connectivity index (χ3n) is 5.76. The number of nitrogens with one attached hydrogen (secondary N) is 1. The van der Waals surface area contributed by atoms with Crippen molar-refractivity contribution >= 4 is 23.2 Å². The average molecular weight is 492 g/mol. The number of hydrazone groups is 1. The molecule has 0 bridgehead atoms. The van der Waals surface area contributed by atoms with Gasteiger partial charge in [0.05, 0.1) is 32.0 Å². The zero-order valence-corrected chi connectivity index (χ0v) is 20.1. The van der Waals surface area contributed by atoms with Crippen LogP contribution in [0, 0.1) is 23.4 Å². The van der Waals surface area contributed by atoms with E-state index in [1.165, 1.54) is 0 Å². The van der Waals surface area contributed by atoms with Gasteiger partial charge in [0, 0.05) is 24.4 Å². The minimum Gasteiger partial charge on any atom is -0.490 e. The number of benzene rings is 2. The maximum absolute atomic E-state index is 15.3. The Morgan fingerprint density at radius 3 is 2.26 bits per heavy atom. The van der Waals surface area contributed by atoms with Crippen molar-refractivity contribution < 1.29 is 32.2 Å². The van der Waals surface area contributed by atoms with Crippen LogP contribution in [0.3, 0.4) is 0 Å². The van der Waals surface area contributed by atoms with Crippen LogP contribution >= 0.6 is 0 Å². The lowest BCUT2D eigenvalue weighted by atomic mass is 9.89. The van der Waals surface area contributed by atoms with Crippen molar-refractivity contribution in [1.29, 1.82) is 0 Å². The second-order valence-electron chi connectivity index (χ2n) is 8.12. The summed E-state index contributed by atoms with van der Waals surface area (Å²) >= 11 is 0. The predicted octanol–water partition coefficient (Wildman–Crippen LogP) is 5.02. The molecule has 1 N–H and O–H groups in total. The van der Waals surface area contributed by atoms with Crippen LogP contribution in [-0.4, -0.2) is 36.8 Å². The number of halogens is 3. The zero-order chi connectivity index (χ0) is 25.7. The molecule has 0 aromatic heterocycles. The third-order valence-corrected chi connectivity index (χ3v) is 5.76. The molecule has 0 radical (unpaired) electrons. The molecule has 0 saturated carbocycles. The number of nitrogens with zero attached hydrogens (tertiary/aromatic N) is 2. The predicted molar refractivity (Wildman–Crippen MR) is 125 cm³/mol. The molecule has 188 valence electrons. The van der Waals surface area contributed by atoms with E-state index in [2.05, 4.69) is 10.4 Å². The van der Waals surface area contributed by atoms with Crippen molar-refractivity contribution in [1.82, 2.24) is 5.01 Å². The van der Waals surface area contributed by atoms with Gasteiger partial charge in [-0.1, -0.05) is 26.0 Å². The molecule has 0 spiro atoms. The van der Waals surface area contributed by atoms with E-state index in [1.807, 2.05) is 6.92 Å². The summed E-state index contributed by atoms with van der Waals surface area (Å²) in [6.07, 6.45) is 1.45. The van der Waals surface area contributed by atoms with Crippen LogP contribution in [0.4, 0.5) is 18.9 Å². The summed E-state index contributed by atoms with van der Waals surface area (Å²) in [4.78, 5) is 24.5. The minimum atomic E-state index is -1.46. The van der Waals surface area contributed by atoms with E-state index in [9.17, 15) is 14.0 Å². The Bertz CT molecular complexity index is 1140. The first-order valence-electron chi connectivity index (χ1n) is 11.3. The normalized spacial score (nSPS) is 15.6. The van der Waals surface area contributed by atoms with Crippen molar-refractivity contribution in [2.75, 3.05) is 19.5 Å². The lowest BCUT2D eigenvalue weighted by Gasteiger charge is -2.30. The van der Waals surface area contributed by atoms with Crippen LogP contribution in [0.25, 0.3) is 0 Å². The number of hydrogen-bond donors (Lipinski definition) is 1. The SMILES string of the molecule is CCCC(=O)Nc1ccc(CN2N=C(c3c(F)c(F)c(OC)c(OC)c3F)C(CC)CC2=O)cc1. The highest BCUT2D eigenvalue weighted by atomic mass is 19.2. The van der Waals surface area contributed by atoms with Gasteiger partial charge in [0.15, 0.2) is 11.6 Å². The molecule has 1 aliphatic heterocycles. The average Bonchev–Trinajstić information content (AvgIpc) is 2.84. The fourth-order valence-electron chi connectivity index (χ4n) is 3.92. The molecule has 10 heteroatoms. The van der Waals surface area contributed by atoms with Crippen molar-refractivity contribution in [3.63, 3.8) is 0 Å². The highest BCUT2D eigenvalue weighted by molar-refractivity contribution is 6.06. The second-order valence-corrected chi connectivity index (χ2v) is 8.12. The first-order chi connectivity index (χ1) is 16.7. The largest absolute Gasteiger partial charge is 0.490 e. The van der Waals surface area contributed by atoms with Gasteiger partial charge < -0.3 is 14.8 Å². The third kappa shape index (κ3) is 5.41. The Morgan fingerprint density at radius 1 is 1.06 bits per heavy atom. The summed E-state index contributed by atoms with van der Waals surface area (Å²) < 4.78 is 54.7. The molecule has 7 nitrogen and oxygen atoms in total. The lowest BCUT2D eigenvalue weighted by Crippen LogP contribution is -2.37. The fraction of sp³-hybridized carbons (Fsp3) is 0.400. The fourth-order valence-corrected chi connectivity index (χ4v) is 3.92. The smallest absolute Gasteiger partial charge is 0.243 e. The summed E-state index contributed by atoms with van der Waals surface area (Å²) in [6, 6.07) is 6.82. The standard InChI is InChI=1S/C25H28F3N3O4/c1-5-7-17(32)29-16-10-8-14(9-11-16)13-31-18(33)12-15(6-2)23(30-31)19-20(26)22(28)25(35-4)24(34-3)21(19)27/h8-11,15H,5-7,12-13H2,1-4H3,(H,29,32). The highest BCUT2D eigenvalue weighted by Gasteiger charge is 2.36. The first kappa shape index (κ1) is 26.1. The Morgan fingerprint density at radius 2 is 1.69 bits per heavy atom. The number of hydrogen-bond acceptors (Lipinski definition) is 5. The molecular formula is C25H28F3N3O4. The number of rotatable bonds is 9. The van der Waals surface area contributed by atoms with Gasteiger partial charge in [0.1, 0.15) is 0 Å². The number of anilines is 1. The molecule has 0 aliphatic carbocycles. The van der Waals surface area contributed by atoms with Gasteiger partial charge in [-0.3, -0.25) is 9.59 Å². The lowest BCUT2D eigenvalue weighted by molar-refractivity contribution is -0.133. The van der Waals surface area contributed by atoms with Gasteiger partial charge in [-0.25, -0.2) is 13.8 Å². The van der Waals surface area contributed by atoms with E-state index in [4.69, 9.17) is 9.47 Å². The maximum Gasteiger partial charge on any atom is 0.243 e. The molecule has 0 saturated heterocycles. The van der Waals surface area contributed by atoms with Gasteiger partial charge in [-0.2, -0.15) is 9.49 Å². The zero-order valence-electron chi connectivity index (χ0n) is 20.1. The molecule has 1 atom stereocenters. The first-order valence-corrected chi connectivity index (χ1v) is 11.3. The van der Waals surface area contributed by atoms with Gasteiger partial charge in [0.2, 0.25) is 29.1 Å². The molecule has 2 amide bonds. The van der Waals surface area contributed by atoms with Gasteiger partial charge in [-0.05, 0) is 30.5 Å². The van der Waals surface area contributed by atoms with Crippen LogP contribution in [0.5, 0.6) is 11.5 Å². The molecular weight excluding hydrogens is 463 g/mol. The number of carbonyl (C=O) groups is 2. The summed E-state index contributed by atoms with van der Waals surface area (Å²) in [7, 11) is 2.19. The number of amides is 2. The molecule has 1 unspecified atom stereocenters. The van der Waals surface area contributed by atoms with E-state index < -0.39 is 40.4 Å². The molecule has 2 aromatic rings. The Balaban J connectivity index is 1.97. The Kier molecular flexibility index (Phi) is 8.37. The molecule has 35 heavy (non-hydrogen) atoms. The monoisotopic (exact) mass is 491 g/mol. The van der Waals surface area contributed by atoms with E-state index in [-0.39, 0.29) is 30.5 Å². The van der Waals surface area contributed by atoms with Gasteiger partial charge >= 0.3 is 0 Å². The summed E-state index contributed by atoms with van der Waals surface area (Å²) in [5, 5.41) is 8.14. The molecule has 2 aromatic carbocycles. The van der Waals surface area contributed by atoms with Crippen molar-refractivity contribution in [3.8, 4) is 11.5 Å². The summed E-state index contributed by atoms with van der Waals surface area (Å²) in [5.41, 5.74) is 0.533. The van der Waals surface area contributed by atoms with E-state index in [0.717, 1.165) is 25.6 Å². The van der Waals surface area contributed by atoms with E-state index in [1.54, 1.807) is 31.2 Å². The van der Waals surface area contributed by atoms with E-state index >= 15 is 8.78 Å². The summed E-state index contributed by atoms with van der Waals surface area (Å²) in [5.74, 6) is -6.32. The van der Waals surface area contributed by atoms with Crippen LogP contribution in [0.1, 0.15) is 50.7 Å². The topological polar surface area (TPSA) is 80.2 Å². The molecule has 3 rings (SSSR count). The van der Waals surface area contributed by atoms with Gasteiger partial charge in [-0.15, -0.1) is 0 Å². The second kappa shape index (κ2) is 11.2. The Hall–Kier alpha value is -3.56. The molecule has 0 fully saturated rings. The number of ether oxygens (including phenoxy) is 2. The van der Waals surface area contributed by atoms with Crippen molar-refractivity contribution in [3.05, 3.63) is 52.8 Å². The molecule has 1 aliphatic rings. The van der Waals surface area contributed by atoms with Crippen LogP contribution in [0.15, 0.2) is 29.4 Å². The number of methoxy groups -OCH3 is 2. The number of carbonyl (C=O) groups excluding carboxylic acids is 2. The van der Waals surface area contributed by atoms with Crippen molar-refractivity contribution in [2.45, 2.75) is 46.1 Å². The van der Waals surface area contributed by atoms with Crippen LogP contribution < -0.4 is 14.8 Å².